The molecular formula is C13H18N2. The van der Waals surface area contributed by atoms with Crippen molar-refractivity contribution in [3.8, 4) is 6.07 Å². The molecule has 0 aliphatic carbocycles. The third-order valence-corrected chi connectivity index (χ3v) is 2.61. The van der Waals surface area contributed by atoms with E-state index in [1.165, 1.54) is 5.56 Å². The molecule has 0 saturated heterocycles. The summed E-state index contributed by atoms with van der Waals surface area (Å²) in [6.45, 7) is 4.92. The molecule has 2 heteroatoms. The predicted molar refractivity (Wildman–Crippen MR) is 63.7 cm³/mol. The summed E-state index contributed by atoms with van der Waals surface area (Å²) in [6.07, 6.45) is 1.92. The highest BCUT2D eigenvalue weighted by atomic mass is 14.9. The first kappa shape index (κ1) is 11.6. The molecule has 1 N–H and O–H groups in total. The van der Waals surface area contributed by atoms with Crippen molar-refractivity contribution in [1.29, 1.82) is 5.26 Å². The van der Waals surface area contributed by atoms with Gasteiger partial charge in [-0.05, 0) is 24.5 Å². The smallest absolute Gasteiger partial charge is 0.0674 e. The number of para-hydroxylation sites is 1. The summed E-state index contributed by atoms with van der Waals surface area (Å²) in [6, 6.07) is 10.6. The van der Waals surface area contributed by atoms with Gasteiger partial charge >= 0.3 is 0 Å². The van der Waals surface area contributed by atoms with E-state index >= 15 is 0 Å². The standard InChI is InChI=1S/C13H18N2/c1-3-11(9-14)10-15-13-8-6-5-7-12(13)4-2/h5-8,11,15H,3-4,10H2,1-2H3. The lowest BCUT2D eigenvalue weighted by Crippen LogP contribution is -2.12. The zero-order valence-electron chi connectivity index (χ0n) is 9.46. The summed E-state index contributed by atoms with van der Waals surface area (Å²) >= 11 is 0. The summed E-state index contributed by atoms with van der Waals surface area (Å²) in [7, 11) is 0. The Morgan fingerprint density at radius 2 is 2.07 bits per heavy atom. The van der Waals surface area contributed by atoms with Crippen molar-refractivity contribution in [1.82, 2.24) is 0 Å². The molecule has 80 valence electrons. The zero-order valence-corrected chi connectivity index (χ0v) is 9.46. The maximum Gasteiger partial charge on any atom is 0.0674 e. The lowest BCUT2D eigenvalue weighted by Gasteiger charge is -2.12. The molecular weight excluding hydrogens is 184 g/mol. The second-order valence-corrected chi connectivity index (χ2v) is 3.63. The van der Waals surface area contributed by atoms with Crippen LogP contribution in [0, 0.1) is 17.2 Å². The maximum atomic E-state index is 8.84. The summed E-state index contributed by atoms with van der Waals surface area (Å²) in [5.74, 6) is 0.106. The van der Waals surface area contributed by atoms with Crippen LogP contribution in [0.15, 0.2) is 24.3 Å². The van der Waals surface area contributed by atoms with Crippen LogP contribution in [0.3, 0.4) is 0 Å². The van der Waals surface area contributed by atoms with Crippen LogP contribution in [0.4, 0.5) is 5.69 Å². The lowest BCUT2D eigenvalue weighted by molar-refractivity contribution is 0.674. The minimum atomic E-state index is 0.106. The van der Waals surface area contributed by atoms with Crippen molar-refractivity contribution >= 4 is 5.69 Å². The molecule has 0 spiro atoms. The first-order chi connectivity index (χ1) is 7.31. The van der Waals surface area contributed by atoms with Gasteiger partial charge < -0.3 is 5.32 Å². The van der Waals surface area contributed by atoms with E-state index < -0.39 is 0 Å². The summed E-state index contributed by atoms with van der Waals surface area (Å²) in [4.78, 5) is 0. The highest BCUT2D eigenvalue weighted by Crippen LogP contribution is 2.16. The second-order valence-electron chi connectivity index (χ2n) is 3.63. The zero-order chi connectivity index (χ0) is 11.1. The Hall–Kier alpha value is -1.49. The van der Waals surface area contributed by atoms with Crippen LogP contribution < -0.4 is 5.32 Å². The molecule has 1 atom stereocenters. The highest BCUT2D eigenvalue weighted by molar-refractivity contribution is 5.51. The Kier molecular flexibility index (Phi) is 4.70. The van der Waals surface area contributed by atoms with E-state index in [0.29, 0.717) is 0 Å². The SMILES string of the molecule is CCc1ccccc1NCC(C#N)CC. The van der Waals surface area contributed by atoms with E-state index in [4.69, 9.17) is 5.26 Å². The van der Waals surface area contributed by atoms with Crippen molar-refractivity contribution in [2.45, 2.75) is 26.7 Å². The molecule has 0 aromatic heterocycles. The number of anilines is 1. The third-order valence-electron chi connectivity index (χ3n) is 2.61. The van der Waals surface area contributed by atoms with Crippen molar-refractivity contribution < 1.29 is 0 Å². The number of hydrogen-bond acceptors (Lipinski definition) is 2. The van der Waals surface area contributed by atoms with Crippen LogP contribution in [0.25, 0.3) is 0 Å². The molecule has 15 heavy (non-hydrogen) atoms. The van der Waals surface area contributed by atoms with Crippen molar-refractivity contribution in [2.24, 2.45) is 5.92 Å². The van der Waals surface area contributed by atoms with E-state index in [2.05, 4.69) is 30.4 Å². The van der Waals surface area contributed by atoms with Gasteiger partial charge in [0.05, 0.1) is 12.0 Å². The monoisotopic (exact) mass is 202 g/mol. The first-order valence-electron chi connectivity index (χ1n) is 5.53. The molecule has 0 heterocycles. The molecule has 0 aliphatic rings. The van der Waals surface area contributed by atoms with Gasteiger partial charge in [-0.1, -0.05) is 32.0 Å². The van der Waals surface area contributed by atoms with E-state index in [1.54, 1.807) is 0 Å². The van der Waals surface area contributed by atoms with Crippen LogP contribution in [0.2, 0.25) is 0 Å². The topological polar surface area (TPSA) is 35.8 Å². The number of aryl methyl sites for hydroxylation is 1. The fourth-order valence-corrected chi connectivity index (χ4v) is 1.52. The number of rotatable bonds is 5. The minimum Gasteiger partial charge on any atom is -0.384 e. The molecule has 0 saturated carbocycles. The van der Waals surface area contributed by atoms with E-state index in [0.717, 1.165) is 25.1 Å². The molecule has 0 aliphatic heterocycles. The van der Waals surface area contributed by atoms with Gasteiger partial charge in [0.2, 0.25) is 0 Å². The molecule has 2 nitrogen and oxygen atoms in total. The summed E-state index contributed by atoms with van der Waals surface area (Å²) in [5.41, 5.74) is 2.47. The van der Waals surface area contributed by atoms with Gasteiger partial charge in [-0.25, -0.2) is 0 Å². The van der Waals surface area contributed by atoms with Crippen LogP contribution in [0.5, 0.6) is 0 Å². The van der Waals surface area contributed by atoms with Gasteiger partial charge in [-0.2, -0.15) is 5.26 Å². The van der Waals surface area contributed by atoms with E-state index in [9.17, 15) is 0 Å². The van der Waals surface area contributed by atoms with Gasteiger partial charge in [-0.15, -0.1) is 0 Å². The molecule has 1 rings (SSSR count). The van der Waals surface area contributed by atoms with Crippen LogP contribution in [-0.4, -0.2) is 6.54 Å². The number of nitrogens with one attached hydrogen (secondary N) is 1. The molecule has 1 aromatic carbocycles. The van der Waals surface area contributed by atoms with Crippen molar-refractivity contribution in [2.75, 3.05) is 11.9 Å². The molecule has 0 amide bonds. The van der Waals surface area contributed by atoms with E-state index in [-0.39, 0.29) is 5.92 Å². The Labute approximate surface area is 91.9 Å². The van der Waals surface area contributed by atoms with Crippen LogP contribution in [0.1, 0.15) is 25.8 Å². The number of hydrogen-bond donors (Lipinski definition) is 1. The third kappa shape index (κ3) is 3.28. The Morgan fingerprint density at radius 3 is 2.67 bits per heavy atom. The molecule has 1 unspecified atom stereocenters. The lowest BCUT2D eigenvalue weighted by atomic mass is 10.1. The fourth-order valence-electron chi connectivity index (χ4n) is 1.52. The van der Waals surface area contributed by atoms with Gasteiger partial charge in [-0.3, -0.25) is 0 Å². The van der Waals surface area contributed by atoms with Crippen LogP contribution >= 0.6 is 0 Å². The Balaban J connectivity index is 2.61. The van der Waals surface area contributed by atoms with Gasteiger partial charge in [0, 0.05) is 12.2 Å². The predicted octanol–water partition coefficient (Wildman–Crippen LogP) is 3.21. The first-order valence-corrected chi connectivity index (χ1v) is 5.53. The molecule has 0 bridgehead atoms. The minimum absolute atomic E-state index is 0.106. The average Bonchev–Trinajstić information content (AvgIpc) is 2.31. The maximum absolute atomic E-state index is 8.84. The Bertz CT molecular complexity index is 339. The summed E-state index contributed by atoms with van der Waals surface area (Å²) < 4.78 is 0. The summed E-state index contributed by atoms with van der Waals surface area (Å²) in [5, 5.41) is 12.2. The van der Waals surface area contributed by atoms with Crippen LogP contribution in [-0.2, 0) is 6.42 Å². The molecule has 1 aromatic rings. The van der Waals surface area contributed by atoms with Crippen molar-refractivity contribution in [3.63, 3.8) is 0 Å². The quantitative estimate of drug-likeness (QED) is 0.795. The largest absolute Gasteiger partial charge is 0.384 e. The fraction of sp³-hybridized carbons (Fsp3) is 0.462. The van der Waals surface area contributed by atoms with Gasteiger partial charge in [0.1, 0.15) is 0 Å². The second kappa shape index (κ2) is 6.08. The number of nitrogens with zero attached hydrogens (tertiary/aromatic N) is 1. The average molecular weight is 202 g/mol. The molecule has 0 radical (unpaired) electrons. The normalized spacial score (nSPS) is 11.8. The number of benzene rings is 1. The highest BCUT2D eigenvalue weighted by Gasteiger charge is 2.05. The van der Waals surface area contributed by atoms with Gasteiger partial charge in [0.25, 0.3) is 0 Å². The molecule has 0 fully saturated rings. The van der Waals surface area contributed by atoms with Gasteiger partial charge in [0.15, 0.2) is 0 Å². The van der Waals surface area contributed by atoms with E-state index in [1.807, 2.05) is 19.1 Å². The van der Waals surface area contributed by atoms with Crippen molar-refractivity contribution in [3.05, 3.63) is 29.8 Å². The number of nitriles is 1. The Morgan fingerprint density at radius 1 is 1.33 bits per heavy atom.